The highest BCUT2D eigenvalue weighted by Crippen LogP contribution is 2.33. The van der Waals surface area contributed by atoms with Gasteiger partial charge in [0, 0.05) is 5.92 Å². The van der Waals surface area contributed by atoms with E-state index in [2.05, 4.69) is 9.97 Å². The summed E-state index contributed by atoms with van der Waals surface area (Å²) < 4.78 is 4.92. The fourth-order valence-corrected chi connectivity index (χ4v) is 2.07. The molecule has 2 rings (SSSR count). The number of rotatable bonds is 3. The summed E-state index contributed by atoms with van der Waals surface area (Å²) in [6, 6.07) is 1.70. The fraction of sp³-hybridized carbons (Fsp3) is 0.545. The predicted octanol–water partition coefficient (Wildman–Crippen LogP) is 1.84. The molecule has 0 aromatic carbocycles. The molecule has 5 nitrogen and oxygen atoms in total. The molecule has 0 unspecified atom stereocenters. The monoisotopic (exact) mass is 222 g/mol. The van der Waals surface area contributed by atoms with Crippen LogP contribution in [-0.4, -0.2) is 28.2 Å². The highest BCUT2D eigenvalue weighted by molar-refractivity contribution is 5.85. The van der Waals surface area contributed by atoms with E-state index in [1.165, 1.54) is 20.0 Å². The zero-order valence-corrected chi connectivity index (χ0v) is 9.14. The fourth-order valence-electron chi connectivity index (χ4n) is 2.07. The summed E-state index contributed by atoms with van der Waals surface area (Å²) in [5.41, 5.74) is 0.801. The maximum Gasteiger partial charge on any atom is 0.354 e. The maximum atomic E-state index is 10.9. The van der Waals surface area contributed by atoms with Gasteiger partial charge >= 0.3 is 12.0 Å². The summed E-state index contributed by atoms with van der Waals surface area (Å²) in [6.45, 7) is 0. The number of carboxylic acid groups (broad SMARTS) is 1. The Balaban J connectivity index is 2.35. The van der Waals surface area contributed by atoms with Crippen LogP contribution < -0.4 is 4.74 Å². The average molecular weight is 222 g/mol. The van der Waals surface area contributed by atoms with Crippen molar-refractivity contribution in [2.45, 2.75) is 31.6 Å². The van der Waals surface area contributed by atoms with E-state index in [0.29, 0.717) is 5.92 Å². The maximum absolute atomic E-state index is 10.9. The molecule has 1 saturated carbocycles. The van der Waals surface area contributed by atoms with Gasteiger partial charge in [-0.3, -0.25) is 0 Å². The Morgan fingerprint density at radius 1 is 1.44 bits per heavy atom. The lowest BCUT2D eigenvalue weighted by Crippen LogP contribution is -2.07. The second kappa shape index (κ2) is 4.47. The standard InChI is InChI=1S/C11H14N2O3/c1-16-11-12-8(7-4-2-3-5-7)6-9(13-11)10(14)15/h6-7H,2-5H2,1H3,(H,14,15). The van der Waals surface area contributed by atoms with E-state index >= 15 is 0 Å². The van der Waals surface area contributed by atoms with E-state index in [1.54, 1.807) is 6.07 Å². The summed E-state index contributed by atoms with van der Waals surface area (Å²) in [5.74, 6) is -0.685. The molecule has 1 fully saturated rings. The summed E-state index contributed by atoms with van der Waals surface area (Å²) >= 11 is 0. The van der Waals surface area contributed by atoms with Crippen LogP contribution in [0.5, 0.6) is 6.01 Å². The van der Waals surface area contributed by atoms with Crippen molar-refractivity contribution in [1.29, 1.82) is 0 Å². The Bertz CT molecular complexity index is 400. The zero-order chi connectivity index (χ0) is 11.5. The SMILES string of the molecule is COc1nc(C(=O)O)cc(C2CCCC2)n1. The molecular weight excluding hydrogens is 208 g/mol. The summed E-state index contributed by atoms with van der Waals surface area (Å²) in [7, 11) is 1.44. The lowest BCUT2D eigenvalue weighted by molar-refractivity contribution is 0.0688. The van der Waals surface area contributed by atoms with Crippen molar-refractivity contribution in [2.75, 3.05) is 7.11 Å². The third kappa shape index (κ3) is 2.13. The summed E-state index contributed by atoms with van der Waals surface area (Å²) in [5, 5.41) is 8.93. The Hall–Kier alpha value is -1.65. The molecule has 0 bridgehead atoms. The van der Waals surface area contributed by atoms with Crippen LogP contribution in [0.25, 0.3) is 0 Å². The number of methoxy groups -OCH3 is 1. The van der Waals surface area contributed by atoms with Crippen molar-refractivity contribution < 1.29 is 14.6 Å². The van der Waals surface area contributed by atoms with Crippen LogP contribution in [0.1, 0.15) is 47.8 Å². The first-order valence-corrected chi connectivity index (χ1v) is 5.37. The highest BCUT2D eigenvalue weighted by Gasteiger charge is 2.21. The molecule has 0 spiro atoms. The molecular formula is C11H14N2O3. The molecule has 1 aromatic heterocycles. The Labute approximate surface area is 93.5 Å². The van der Waals surface area contributed by atoms with E-state index in [9.17, 15) is 4.79 Å². The Morgan fingerprint density at radius 3 is 2.69 bits per heavy atom. The normalized spacial score (nSPS) is 16.3. The van der Waals surface area contributed by atoms with Crippen molar-refractivity contribution in [2.24, 2.45) is 0 Å². The number of nitrogens with zero attached hydrogens (tertiary/aromatic N) is 2. The number of carboxylic acids is 1. The van der Waals surface area contributed by atoms with E-state index in [4.69, 9.17) is 9.84 Å². The van der Waals surface area contributed by atoms with Gasteiger partial charge in [0.05, 0.1) is 12.8 Å². The van der Waals surface area contributed by atoms with Crippen LogP contribution in [0.3, 0.4) is 0 Å². The predicted molar refractivity (Wildman–Crippen MR) is 56.8 cm³/mol. The van der Waals surface area contributed by atoms with Crippen LogP contribution >= 0.6 is 0 Å². The number of carbonyl (C=O) groups is 1. The van der Waals surface area contributed by atoms with Gasteiger partial charge in [0.15, 0.2) is 5.69 Å². The van der Waals surface area contributed by atoms with Crippen LogP contribution in [-0.2, 0) is 0 Å². The van der Waals surface area contributed by atoms with Gasteiger partial charge in [-0.05, 0) is 18.9 Å². The molecule has 0 aliphatic heterocycles. The molecule has 0 amide bonds. The van der Waals surface area contributed by atoms with Gasteiger partial charge in [0.1, 0.15) is 0 Å². The lowest BCUT2D eigenvalue weighted by Gasteiger charge is -2.10. The minimum atomic E-state index is -1.04. The first-order valence-electron chi connectivity index (χ1n) is 5.37. The minimum absolute atomic E-state index is 0.00810. The largest absolute Gasteiger partial charge is 0.477 e. The quantitative estimate of drug-likeness (QED) is 0.844. The molecule has 1 aliphatic carbocycles. The lowest BCUT2D eigenvalue weighted by atomic mass is 10.0. The second-order valence-corrected chi connectivity index (χ2v) is 3.95. The number of aromatic nitrogens is 2. The smallest absolute Gasteiger partial charge is 0.354 e. The van der Waals surface area contributed by atoms with E-state index in [1.807, 2.05) is 0 Å². The minimum Gasteiger partial charge on any atom is -0.477 e. The van der Waals surface area contributed by atoms with E-state index in [0.717, 1.165) is 18.5 Å². The van der Waals surface area contributed by atoms with Crippen LogP contribution in [0.2, 0.25) is 0 Å². The number of aromatic carboxylic acids is 1. The molecule has 16 heavy (non-hydrogen) atoms. The molecule has 1 aromatic rings. The van der Waals surface area contributed by atoms with Crippen molar-refractivity contribution in [3.05, 3.63) is 17.5 Å². The van der Waals surface area contributed by atoms with Crippen molar-refractivity contribution in [1.82, 2.24) is 9.97 Å². The first kappa shape index (κ1) is 10.9. The van der Waals surface area contributed by atoms with Crippen LogP contribution in [0.15, 0.2) is 6.07 Å². The van der Waals surface area contributed by atoms with Crippen molar-refractivity contribution in [3.8, 4) is 6.01 Å². The molecule has 1 heterocycles. The highest BCUT2D eigenvalue weighted by atomic mass is 16.5. The van der Waals surface area contributed by atoms with Gasteiger partial charge in [0.2, 0.25) is 0 Å². The topological polar surface area (TPSA) is 72.3 Å². The first-order chi connectivity index (χ1) is 7.70. The third-order valence-corrected chi connectivity index (χ3v) is 2.90. The number of hydrogen-bond acceptors (Lipinski definition) is 4. The van der Waals surface area contributed by atoms with Gasteiger partial charge in [0.25, 0.3) is 0 Å². The molecule has 86 valence electrons. The van der Waals surface area contributed by atoms with Gasteiger partial charge in [-0.1, -0.05) is 12.8 Å². The molecule has 0 atom stereocenters. The Morgan fingerprint density at radius 2 is 2.12 bits per heavy atom. The second-order valence-electron chi connectivity index (χ2n) is 3.95. The zero-order valence-electron chi connectivity index (χ0n) is 9.14. The average Bonchev–Trinajstić information content (AvgIpc) is 2.81. The number of hydrogen-bond donors (Lipinski definition) is 1. The molecule has 5 heteroatoms. The third-order valence-electron chi connectivity index (χ3n) is 2.90. The van der Waals surface area contributed by atoms with E-state index < -0.39 is 5.97 Å². The number of ether oxygens (including phenoxy) is 1. The van der Waals surface area contributed by atoms with Gasteiger partial charge in [-0.2, -0.15) is 9.97 Å². The van der Waals surface area contributed by atoms with Crippen molar-refractivity contribution in [3.63, 3.8) is 0 Å². The summed E-state index contributed by atoms with van der Waals surface area (Å²) in [6.07, 6.45) is 4.50. The Kier molecular flexibility index (Phi) is 3.03. The van der Waals surface area contributed by atoms with Crippen LogP contribution in [0, 0.1) is 0 Å². The van der Waals surface area contributed by atoms with Gasteiger partial charge < -0.3 is 9.84 Å². The van der Waals surface area contributed by atoms with Gasteiger partial charge in [-0.25, -0.2) is 4.79 Å². The molecule has 0 saturated heterocycles. The molecule has 0 radical (unpaired) electrons. The van der Waals surface area contributed by atoms with Gasteiger partial charge in [-0.15, -0.1) is 0 Å². The van der Waals surface area contributed by atoms with Crippen LogP contribution in [0.4, 0.5) is 0 Å². The molecule has 1 N–H and O–H groups in total. The van der Waals surface area contributed by atoms with E-state index in [-0.39, 0.29) is 11.7 Å². The van der Waals surface area contributed by atoms with Crippen molar-refractivity contribution >= 4 is 5.97 Å². The molecule has 1 aliphatic rings. The summed E-state index contributed by atoms with van der Waals surface area (Å²) in [4.78, 5) is 18.9.